The van der Waals surface area contributed by atoms with Crippen molar-refractivity contribution in [2.45, 2.75) is 19.8 Å². The molecule has 0 aliphatic rings. The number of ketones is 1. The second kappa shape index (κ2) is 11.3. The van der Waals surface area contributed by atoms with Gasteiger partial charge in [-0.15, -0.1) is 11.3 Å². The molecule has 0 radical (unpaired) electrons. The van der Waals surface area contributed by atoms with Crippen molar-refractivity contribution in [1.82, 2.24) is 0 Å². The molecule has 0 unspecified atom stereocenters. The molecule has 33 heavy (non-hydrogen) atoms. The van der Waals surface area contributed by atoms with E-state index in [1.54, 1.807) is 12.1 Å². The van der Waals surface area contributed by atoms with Crippen molar-refractivity contribution in [3.63, 3.8) is 0 Å². The number of aryl methyl sites for hydroxylation is 1. The lowest BCUT2D eigenvalue weighted by Gasteiger charge is -2.15. The molecule has 0 aliphatic carbocycles. The van der Waals surface area contributed by atoms with Gasteiger partial charge in [0.05, 0.1) is 31.9 Å². The van der Waals surface area contributed by atoms with Crippen LogP contribution in [0.25, 0.3) is 0 Å². The molecule has 1 N–H and O–H groups in total. The zero-order valence-electron chi connectivity index (χ0n) is 18.7. The molecule has 0 saturated carbocycles. The smallest absolute Gasteiger partial charge is 0.340 e. The van der Waals surface area contributed by atoms with E-state index in [9.17, 15) is 14.4 Å². The van der Waals surface area contributed by atoms with E-state index in [1.165, 1.54) is 37.7 Å². The molecule has 0 spiro atoms. The molecule has 0 saturated heterocycles. The minimum absolute atomic E-state index is 0.0568. The maximum absolute atomic E-state index is 12.8. The van der Waals surface area contributed by atoms with Crippen molar-refractivity contribution in [3.05, 3.63) is 75.5 Å². The fourth-order valence-electron chi connectivity index (χ4n) is 3.14. The summed E-state index contributed by atoms with van der Waals surface area (Å²) >= 11 is 1.46. The number of carbonyl (C=O) groups is 3. The number of thiophene rings is 1. The quantitative estimate of drug-likeness (QED) is 0.348. The lowest BCUT2D eigenvalue weighted by atomic mass is 10.1. The topological polar surface area (TPSA) is 90.9 Å². The molecule has 1 heterocycles. The van der Waals surface area contributed by atoms with Gasteiger partial charge in [-0.2, -0.15) is 0 Å². The maximum Gasteiger partial charge on any atom is 0.340 e. The Kier molecular flexibility index (Phi) is 8.21. The van der Waals surface area contributed by atoms with Crippen molar-refractivity contribution in [2.75, 3.05) is 26.1 Å². The molecule has 0 atom stereocenters. The fourth-order valence-corrected chi connectivity index (χ4v) is 3.84. The number of hydrogen-bond donors (Lipinski definition) is 1. The molecule has 172 valence electrons. The van der Waals surface area contributed by atoms with Crippen LogP contribution in [0.3, 0.4) is 0 Å². The summed E-state index contributed by atoms with van der Waals surface area (Å²) in [6.07, 6.45) is 1.02. The zero-order valence-corrected chi connectivity index (χ0v) is 19.5. The fraction of sp³-hybridized carbons (Fsp3) is 0.240. The monoisotopic (exact) mass is 467 g/mol. The second-order valence-electron chi connectivity index (χ2n) is 7.11. The Hall–Kier alpha value is -3.65. The van der Waals surface area contributed by atoms with Crippen LogP contribution in [0.4, 0.5) is 5.69 Å². The van der Waals surface area contributed by atoms with E-state index in [0.717, 1.165) is 16.9 Å². The van der Waals surface area contributed by atoms with E-state index in [1.807, 2.05) is 36.6 Å². The van der Waals surface area contributed by atoms with Crippen molar-refractivity contribution in [1.29, 1.82) is 0 Å². The van der Waals surface area contributed by atoms with Crippen molar-refractivity contribution < 1.29 is 28.6 Å². The van der Waals surface area contributed by atoms with Crippen LogP contribution in [0.2, 0.25) is 0 Å². The van der Waals surface area contributed by atoms with Crippen LogP contribution in [0.5, 0.6) is 11.5 Å². The Bertz CT molecular complexity index is 1120. The molecule has 0 aliphatic heterocycles. The standard InChI is InChI=1S/C25H25NO6S/c1-4-16-7-9-17(10-8-16)21(27)15-32-25(29)19-13-22(30-2)23(31-3)14-20(19)26-24(28)12-18-6-5-11-33-18/h5-11,13-14H,4,12,15H2,1-3H3,(H,26,28). The minimum atomic E-state index is -0.763. The van der Waals surface area contributed by atoms with Crippen LogP contribution in [0.15, 0.2) is 53.9 Å². The average molecular weight is 468 g/mol. The van der Waals surface area contributed by atoms with Gasteiger partial charge in [0.15, 0.2) is 23.9 Å². The van der Waals surface area contributed by atoms with Crippen LogP contribution in [0.1, 0.15) is 38.1 Å². The summed E-state index contributed by atoms with van der Waals surface area (Å²) in [6, 6.07) is 13.8. The van der Waals surface area contributed by atoms with Crippen LogP contribution < -0.4 is 14.8 Å². The van der Waals surface area contributed by atoms with E-state index >= 15 is 0 Å². The van der Waals surface area contributed by atoms with Crippen molar-refractivity contribution in [3.8, 4) is 11.5 Å². The van der Waals surface area contributed by atoms with E-state index in [4.69, 9.17) is 14.2 Å². The van der Waals surface area contributed by atoms with Crippen molar-refractivity contribution in [2.24, 2.45) is 0 Å². The van der Waals surface area contributed by atoms with E-state index in [0.29, 0.717) is 17.1 Å². The Morgan fingerprint density at radius 3 is 2.27 bits per heavy atom. The number of esters is 1. The highest BCUT2D eigenvalue weighted by Crippen LogP contribution is 2.34. The third-order valence-corrected chi connectivity index (χ3v) is 5.83. The molecule has 7 nitrogen and oxygen atoms in total. The molecular formula is C25H25NO6S. The summed E-state index contributed by atoms with van der Waals surface area (Å²) in [5.41, 5.74) is 1.83. The first-order valence-corrected chi connectivity index (χ1v) is 11.2. The van der Waals surface area contributed by atoms with Gasteiger partial charge in [-0.25, -0.2) is 4.79 Å². The van der Waals surface area contributed by atoms with Gasteiger partial charge >= 0.3 is 5.97 Å². The first kappa shape index (κ1) is 24.0. The maximum atomic E-state index is 12.8. The number of Topliss-reactive ketones (excluding diaryl/α,β-unsaturated/α-hetero) is 1. The van der Waals surface area contributed by atoms with E-state index < -0.39 is 12.6 Å². The number of hydrogen-bond acceptors (Lipinski definition) is 7. The zero-order chi connectivity index (χ0) is 23.8. The molecule has 1 aromatic heterocycles. The van der Waals surface area contributed by atoms with Gasteiger partial charge < -0.3 is 19.5 Å². The molecule has 3 aromatic rings. The Morgan fingerprint density at radius 1 is 0.970 bits per heavy atom. The summed E-state index contributed by atoms with van der Waals surface area (Å²) in [6.45, 7) is 1.60. The van der Waals surface area contributed by atoms with E-state index in [2.05, 4.69) is 5.32 Å². The third-order valence-electron chi connectivity index (χ3n) is 4.95. The highest BCUT2D eigenvalue weighted by Gasteiger charge is 2.21. The van der Waals surface area contributed by atoms with Crippen LogP contribution in [0, 0.1) is 0 Å². The van der Waals surface area contributed by atoms with Crippen molar-refractivity contribution >= 4 is 34.7 Å². The summed E-state index contributed by atoms with van der Waals surface area (Å²) in [5.74, 6) is -0.753. The van der Waals surface area contributed by atoms with Gasteiger partial charge in [-0.1, -0.05) is 37.3 Å². The summed E-state index contributed by atoms with van der Waals surface area (Å²) in [7, 11) is 2.89. The highest BCUT2D eigenvalue weighted by atomic mass is 32.1. The first-order valence-electron chi connectivity index (χ1n) is 10.3. The Morgan fingerprint density at radius 2 is 1.67 bits per heavy atom. The lowest BCUT2D eigenvalue weighted by molar-refractivity contribution is -0.115. The van der Waals surface area contributed by atoms with Gasteiger partial charge in [-0.05, 0) is 23.4 Å². The highest BCUT2D eigenvalue weighted by molar-refractivity contribution is 7.10. The number of anilines is 1. The predicted octanol–water partition coefficient (Wildman–Crippen LogP) is 4.55. The lowest BCUT2D eigenvalue weighted by Crippen LogP contribution is -2.19. The number of methoxy groups -OCH3 is 2. The van der Waals surface area contributed by atoms with Gasteiger partial charge in [-0.3, -0.25) is 9.59 Å². The predicted molar refractivity (Wildman–Crippen MR) is 127 cm³/mol. The molecule has 2 aromatic carbocycles. The minimum Gasteiger partial charge on any atom is -0.493 e. The van der Waals surface area contributed by atoms with Gasteiger partial charge in [0.1, 0.15) is 0 Å². The van der Waals surface area contributed by atoms with Gasteiger partial charge in [0, 0.05) is 22.6 Å². The van der Waals surface area contributed by atoms with Crippen LogP contribution >= 0.6 is 11.3 Å². The third kappa shape index (κ3) is 6.20. The number of benzene rings is 2. The van der Waals surface area contributed by atoms with Gasteiger partial charge in [0.2, 0.25) is 5.91 Å². The molecule has 3 rings (SSSR count). The average Bonchev–Trinajstić information content (AvgIpc) is 3.34. The second-order valence-corrected chi connectivity index (χ2v) is 8.14. The number of carbonyl (C=O) groups excluding carboxylic acids is 3. The van der Waals surface area contributed by atoms with Crippen LogP contribution in [-0.4, -0.2) is 38.5 Å². The first-order chi connectivity index (χ1) is 15.9. The molecule has 0 fully saturated rings. The SMILES string of the molecule is CCc1ccc(C(=O)COC(=O)c2cc(OC)c(OC)cc2NC(=O)Cc2cccs2)cc1. The molecule has 1 amide bonds. The number of nitrogens with one attached hydrogen (secondary N) is 1. The summed E-state index contributed by atoms with van der Waals surface area (Å²) in [5, 5.41) is 4.62. The summed E-state index contributed by atoms with van der Waals surface area (Å²) < 4.78 is 15.8. The normalized spacial score (nSPS) is 10.4. The number of ether oxygens (including phenoxy) is 3. The number of rotatable bonds is 10. The molecular weight excluding hydrogens is 442 g/mol. The largest absolute Gasteiger partial charge is 0.493 e. The molecule has 0 bridgehead atoms. The summed E-state index contributed by atoms with van der Waals surface area (Å²) in [4.78, 5) is 38.7. The van der Waals surface area contributed by atoms with E-state index in [-0.39, 0.29) is 29.4 Å². The Labute approximate surface area is 196 Å². The Balaban J connectivity index is 1.77. The number of amides is 1. The van der Waals surface area contributed by atoms with Crippen LogP contribution in [-0.2, 0) is 22.4 Å². The molecule has 8 heteroatoms. The van der Waals surface area contributed by atoms with Gasteiger partial charge in [0.25, 0.3) is 0 Å².